The van der Waals surface area contributed by atoms with Gasteiger partial charge in [-0.3, -0.25) is 24.2 Å². The van der Waals surface area contributed by atoms with Gasteiger partial charge in [0.2, 0.25) is 11.8 Å². The van der Waals surface area contributed by atoms with E-state index in [1.165, 1.54) is 12.0 Å². The van der Waals surface area contributed by atoms with Crippen LogP contribution in [0.15, 0.2) is 54.6 Å². The number of aliphatic carboxylic acids is 1. The predicted molar refractivity (Wildman–Crippen MR) is 128 cm³/mol. The molecule has 0 bridgehead atoms. The monoisotopic (exact) mass is 532 g/mol. The van der Waals surface area contributed by atoms with Crippen molar-refractivity contribution in [2.24, 2.45) is 11.8 Å². The number of carbonyl (C=O) groups is 4. The maximum absolute atomic E-state index is 13.3. The number of halogens is 3. The van der Waals surface area contributed by atoms with Crippen LogP contribution in [0.25, 0.3) is 11.1 Å². The molecule has 8 nitrogen and oxygen atoms in total. The Labute approximate surface area is 217 Å². The molecule has 11 heteroatoms. The van der Waals surface area contributed by atoms with Crippen molar-refractivity contribution in [3.8, 4) is 11.1 Å². The number of benzene rings is 2. The number of carboxylic acids is 1. The molecule has 3 fully saturated rings. The molecule has 0 spiro atoms. The number of esters is 1. The van der Waals surface area contributed by atoms with Crippen LogP contribution in [-0.2, 0) is 23.9 Å². The van der Waals surface area contributed by atoms with Crippen molar-refractivity contribution in [1.29, 1.82) is 0 Å². The van der Waals surface area contributed by atoms with Crippen LogP contribution in [0.4, 0.5) is 13.2 Å². The summed E-state index contributed by atoms with van der Waals surface area (Å²) in [4.78, 5) is 52.0. The molecule has 3 heterocycles. The average molecular weight is 533 g/mol. The van der Waals surface area contributed by atoms with Crippen molar-refractivity contribution in [3.05, 3.63) is 60.2 Å². The summed E-state index contributed by atoms with van der Waals surface area (Å²) in [6, 6.07) is 17.9. The Balaban J connectivity index is 0.000000426. The summed E-state index contributed by atoms with van der Waals surface area (Å²) in [5.41, 5.74) is 2.11. The number of amides is 2. The second kappa shape index (κ2) is 10.2. The fourth-order valence-electron chi connectivity index (χ4n) is 6.07. The fraction of sp³-hybridized carbons (Fsp3) is 0.407. The van der Waals surface area contributed by atoms with Gasteiger partial charge < -0.3 is 9.84 Å². The summed E-state index contributed by atoms with van der Waals surface area (Å²) in [7, 11) is 1.36. The normalized spacial score (nSPS) is 26.4. The van der Waals surface area contributed by atoms with Gasteiger partial charge in [-0.15, -0.1) is 0 Å². The first-order valence-electron chi connectivity index (χ1n) is 12.1. The lowest BCUT2D eigenvalue weighted by molar-refractivity contribution is -0.192. The molecule has 2 aromatic rings. The molecule has 0 unspecified atom stereocenters. The number of carboxylic acid groups (broad SMARTS) is 1. The third-order valence-corrected chi connectivity index (χ3v) is 7.56. The first-order valence-corrected chi connectivity index (χ1v) is 12.1. The van der Waals surface area contributed by atoms with Gasteiger partial charge >= 0.3 is 18.1 Å². The number of rotatable bonds is 4. The Hall–Kier alpha value is -3.73. The number of likely N-dealkylation sites (tertiary alicyclic amines) is 1. The van der Waals surface area contributed by atoms with Gasteiger partial charge in [-0.1, -0.05) is 54.6 Å². The number of hydrogen-bond donors (Lipinski definition) is 1. The second-order valence-corrected chi connectivity index (χ2v) is 9.37. The Morgan fingerprint density at radius 1 is 1.03 bits per heavy atom. The lowest BCUT2D eigenvalue weighted by atomic mass is 9.77. The van der Waals surface area contributed by atoms with Crippen molar-refractivity contribution in [1.82, 2.24) is 9.80 Å². The van der Waals surface area contributed by atoms with Crippen molar-refractivity contribution in [2.45, 2.75) is 37.5 Å². The van der Waals surface area contributed by atoms with Crippen LogP contribution in [0.5, 0.6) is 0 Å². The Bertz CT molecular complexity index is 1230. The Kier molecular flexibility index (Phi) is 7.33. The molecule has 2 aromatic carbocycles. The average Bonchev–Trinajstić information content (AvgIpc) is 3.52. The molecular weight excluding hydrogens is 505 g/mol. The highest BCUT2D eigenvalue weighted by atomic mass is 19.4. The molecule has 5 rings (SSSR count). The summed E-state index contributed by atoms with van der Waals surface area (Å²) in [5.74, 6) is -4.82. The van der Waals surface area contributed by atoms with E-state index in [0.29, 0.717) is 19.5 Å². The van der Waals surface area contributed by atoms with E-state index in [4.69, 9.17) is 14.6 Å². The van der Waals surface area contributed by atoms with Gasteiger partial charge in [-0.2, -0.15) is 13.2 Å². The summed E-state index contributed by atoms with van der Waals surface area (Å²) in [6.45, 7) is 2.79. The third kappa shape index (κ3) is 4.34. The van der Waals surface area contributed by atoms with Crippen molar-refractivity contribution < 1.29 is 42.2 Å². The fourth-order valence-corrected chi connectivity index (χ4v) is 6.07. The topological polar surface area (TPSA) is 104 Å². The first-order chi connectivity index (χ1) is 18.0. The van der Waals surface area contributed by atoms with Crippen LogP contribution in [0.1, 0.15) is 31.4 Å². The van der Waals surface area contributed by atoms with Crippen molar-refractivity contribution in [2.75, 3.05) is 20.2 Å². The second-order valence-electron chi connectivity index (χ2n) is 9.37. The molecule has 3 aliphatic rings. The number of alkyl halides is 3. The zero-order valence-corrected chi connectivity index (χ0v) is 20.8. The molecule has 202 valence electrons. The molecule has 2 amide bonds. The molecule has 0 saturated carbocycles. The zero-order chi connectivity index (χ0) is 27.8. The largest absolute Gasteiger partial charge is 0.490 e. The van der Waals surface area contributed by atoms with Crippen LogP contribution in [-0.4, -0.2) is 70.6 Å². The SMILES string of the molecule is CCN1C(=O)[C@H]2[C@@H](c3ccc(-c4ccccc4)cc3)N3CCC[C@@]3(C(=O)OC)[C@H]2C1=O.O=C(O)C(F)(F)F. The molecule has 0 aromatic heterocycles. The molecular formula is C27H27F3N2O6. The number of ether oxygens (including phenoxy) is 1. The number of hydrogen-bond acceptors (Lipinski definition) is 6. The molecule has 0 aliphatic carbocycles. The van der Waals surface area contributed by atoms with E-state index in [2.05, 4.69) is 17.0 Å². The molecule has 3 saturated heterocycles. The lowest BCUT2D eigenvalue weighted by Gasteiger charge is -2.36. The number of nitrogens with zero attached hydrogens (tertiary/aromatic N) is 2. The molecule has 3 aliphatic heterocycles. The van der Waals surface area contributed by atoms with Gasteiger partial charge in [-0.25, -0.2) is 4.79 Å². The molecule has 0 radical (unpaired) electrons. The summed E-state index contributed by atoms with van der Waals surface area (Å²) in [6.07, 6.45) is -3.75. The van der Waals surface area contributed by atoms with E-state index < -0.39 is 35.5 Å². The van der Waals surface area contributed by atoms with Gasteiger partial charge in [0.25, 0.3) is 0 Å². The maximum atomic E-state index is 13.3. The van der Waals surface area contributed by atoms with Gasteiger partial charge in [0.15, 0.2) is 0 Å². The quantitative estimate of drug-likeness (QED) is 0.473. The summed E-state index contributed by atoms with van der Waals surface area (Å²) < 4.78 is 36.9. The van der Waals surface area contributed by atoms with E-state index in [-0.39, 0.29) is 17.9 Å². The number of carbonyl (C=O) groups excluding carboxylic acids is 3. The highest BCUT2D eigenvalue weighted by Gasteiger charge is 2.73. The van der Waals surface area contributed by atoms with Crippen LogP contribution in [0.3, 0.4) is 0 Å². The molecule has 38 heavy (non-hydrogen) atoms. The Morgan fingerprint density at radius 3 is 2.13 bits per heavy atom. The highest BCUT2D eigenvalue weighted by molar-refractivity contribution is 6.09. The van der Waals surface area contributed by atoms with Gasteiger partial charge in [-0.05, 0) is 43.0 Å². The minimum Gasteiger partial charge on any atom is -0.475 e. The molecule has 1 N–H and O–H groups in total. The molecule has 4 atom stereocenters. The van der Waals surface area contributed by atoms with Crippen molar-refractivity contribution in [3.63, 3.8) is 0 Å². The summed E-state index contributed by atoms with van der Waals surface area (Å²) in [5, 5.41) is 7.12. The lowest BCUT2D eigenvalue weighted by Crippen LogP contribution is -2.54. The van der Waals surface area contributed by atoms with E-state index in [9.17, 15) is 27.6 Å². The van der Waals surface area contributed by atoms with E-state index in [1.807, 2.05) is 42.5 Å². The zero-order valence-electron chi connectivity index (χ0n) is 20.8. The third-order valence-electron chi connectivity index (χ3n) is 7.56. The summed E-state index contributed by atoms with van der Waals surface area (Å²) >= 11 is 0. The smallest absolute Gasteiger partial charge is 0.475 e. The minimum atomic E-state index is -5.08. The highest BCUT2D eigenvalue weighted by Crippen LogP contribution is 2.59. The van der Waals surface area contributed by atoms with Gasteiger partial charge in [0, 0.05) is 12.6 Å². The number of imide groups is 1. The number of methoxy groups -OCH3 is 1. The van der Waals surface area contributed by atoms with E-state index in [1.54, 1.807) is 6.92 Å². The van der Waals surface area contributed by atoms with Crippen LogP contribution >= 0.6 is 0 Å². The van der Waals surface area contributed by atoms with Crippen molar-refractivity contribution >= 4 is 23.8 Å². The first kappa shape index (κ1) is 27.3. The van der Waals surface area contributed by atoms with E-state index >= 15 is 0 Å². The Morgan fingerprint density at radius 2 is 1.61 bits per heavy atom. The van der Waals surface area contributed by atoms with Gasteiger partial charge in [0.05, 0.1) is 18.9 Å². The standard InChI is InChI=1S/C25H26N2O4.C2HF3O2/c1-3-26-22(28)19-20(23(26)29)25(24(30)31-2)14-7-15-27(25)21(19)18-12-10-17(11-13-18)16-8-5-4-6-9-16;3-2(4,5)1(6)7/h4-6,8-13,19-21H,3,7,14-15H2,1-2H3;(H,6,7)/t19-,20-,21-,25+;/m1./s1. The van der Waals surface area contributed by atoms with Crippen LogP contribution in [0.2, 0.25) is 0 Å². The number of fused-ring (bicyclic) bond motifs is 3. The predicted octanol–water partition coefficient (Wildman–Crippen LogP) is 3.67. The maximum Gasteiger partial charge on any atom is 0.490 e. The minimum absolute atomic E-state index is 0.174. The van der Waals surface area contributed by atoms with Crippen LogP contribution < -0.4 is 0 Å². The van der Waals surface area contributed by atoms with Crippen LogP contribution in [0, 0.1) is 11.8 Å². The van der Waals surface area contributed by atoms with E-state index in [0.717, 1.165) is 23.1 Å². The van der Waals surface area contributed by atoms with Gasteiger partial charge in [0.1, 0.15) is 5.54 Å².